The van der Waals surface area contributed by atoms with Gasteiger partial charge in [-0.25, -0.2) is 0 Å². The third-order valence-electron chi connectivity index (χ3n) is 3.54. The van der Waals surface area contributed by atoms with Gasteiger partial charge in [-0.2, -0.15) is 0 Å². The summed E-state index contributed by atoms with van der Waals surface area (Å²) in [5, 5.41) is 0. The van der Waals surface area contributed by atoms with E-state index in [9.17, 15) is 0 Å². The molecule has 1 aliphatic rings. The first-order valence-electron chi connectivity index (χ1n) is 5.78. The van der Waals surface area contributed by atoms with Gasteiger partial charge in [-0.05, 0) is 44.5 Å². The van der Waals surface area contributed by atoms with Crippen LogP contribution in [0.15, 0.2) is 18.3 Å². The SMILES string of the molecule is Cc1ccc(C(C)[C@H]2CCN(C)C2)nc1. The molecule has 2 nitrogen and oxygen atoms in total. The average molecular weight is 204 g/mol. The molecule has 0 spiro atoms. The predicted molar refractivity (Wildman–Crippen MR) is 63.0 cm³/mol. The molecule has 0 aliphatic carbocycles. The Morgan fingerprint density at radius 2 is 2.27 bits per heavy atom. The molecule has 0 bridgehead atoms. The number of pyridine rings is 1. The molecular formula is C13H20N2. The van der Waals surface area contributed by atoms with Gasteiger partial charge in [0.1, 0.15) is 0 Å². The first-order valence-corrected chi connectivity index (χ1v) is 5.78. The third-order valence-corrected chi connectivity index (χ3v) is 3.54. The minimum absolute atomic E-state index is 0.593. The lowest BCUT2D eigenvalue weighted by molar-refractivity contribution is 0.375. The first kappa shape index (κ1) is 10.6. The Morgan fingerprint density at radius 1 is 1.47 bits per heavy atom. The molecule has 0 N–H and O–H groups in total. The molecule has 82 valence electrons. The Bertz CT molecular complexity index is 318. The van der Waals surface area contributed by atoms with Crippen LogP contribution in [0.5, 0.6) is 0 Å². The standard InChI is InChI=1S/C13H20N2/c1-10-4-5-13(14-8-10)11(2)12-6-7-15(3)9-12/h4-5,8,11-12H,6-7,9H2,1-3H3/t11?,12-/m0/s1. The van der Waals surface area contributed by atoms with E-state index in [0.29, 0.717) is 5.92 Å². The zero-order valence-corrected chi connectivity index (χ0v) is 9.90. The number of hydrogen-bond donors (Lipinski definition) is 0. The Hall–Kier alpha value is -0.890. The number of hydrogen-bond acceptors (Lipinski definition) is 2. The minimum Gasteiger partial charge on any atom is -0.306 e. The molecule has 0 amide bonds. The van der Waals surface area contributed by atoms with E-state index in [1.807, 2.05) is 6.20 Å². The summed E-state index contributed by atoms with van der Waals surface area (Å²) in [6.07, 6.45) is 3.29. The van der Waals surface area contributed by atoms with E-state index in [-0.39, 0.29) is 0 Å². The van der Waals surface area contributed by atoms with Crippen molar-refractivity contribution in [2.45, 2.75) is 26.2 Å². The molecule has 0 aromatic carbocycles. The Kier molecular flexibility index (Phi) is 3.06. The van der Waals surface area contributed by atoms with Gasteiger partial charge in [-0.15, -0.1) is 0 Å². The highest BCUT2D eigenvalue weighted by Gasteiger charge is 2.26. The molecule has 2 heteroatoms. The van der Waals surface area contributed by atoms with Crippen molar-refractivity contribution >= 4 is 0 Å². The van der Waals surface area contributed by atoms with Gasteiger partial charge in [-0.3, -0.25) is 4.98 Å². The number of likely N-dealkylation sites (tertiary alicyclic amines) is 1. The van der Waals surface area contributed by atoms with Crippen molar-refractivity contribution in [1.82, 2.24) is 9.88 Å². The van der Waals surface area contributed by atoms with Crippen molar-refractivity contribution in [3.63, 3.8) is 0 Å². The lowest BCUT2D eigenvalue weighted by Gasteiger charge is -2.18. The molecule has 1 unspecified atom stereocenters. The summed E-state index contributed by atoms with van der Waals surface area (Å²) in [5.74, 6) is 1.38. The van der Waals surface area contributed by atoms with Crippen LogP contribution in [0, 0.1) is 12.8 Å². The molecular weight excluding hydrogens is 184 g/mol. The second kappa shape index (κ2) is 4.31. The fourth-order valence-corrected chi connectivity index (χ4v) is 2.37. The van der Waals surface area contributed by atoms with Gasteiger partial charge in [-0.1, -0.05) is 13.0 Å². The second-order valence-corrected chi connectivity index (χ2v) is 4.86. The molecule has 1 aliphatic heterocycles. The topological polar surface area (TPSA) is 16.1 Å². The molecule has 1 aromatic heterocycles. The molecule has 15 heavy (non-hydrogen) atoms. The predicted octanol–water partition coefficient (Wildman–Crippen LogP) is 2.45. The second-order valence-electron chi connectivity index (χ2n) is 4.86. The van der Waals surface area contributed by atoms with Gasteiger partial charge in [0.2, 0.25) is 0 Å². The van der Waals surface area contributed by atoms with E-state index < -0.39 is 0 Å². The largest absolute Gasteiger partial charge is 0.306 e. The molecule has 1 saturated heterocycles. The van der Waals surface area contributed by atoms with Crippen molar-refractivity contribution in [3.8, 4) is 0 Å². The van der Waals surface area contributed by atoms with Gasteiger partial charge >= 0.3 is 0 Å². The van der Waals surface area contributed by atoms with Crippen LogP contribution in [0.4, 0.5) is 0 Å². The summed E-state index contributed by atoms with van der Waals surface area (Å²) < 4.78 is 0. The lowest BCUT2D eigenvalue weighted by atomic mass is 9.90. The highest BCUT2D eigenvalue weighted by atomic mass is 15.1. The van der Waals surface area contributed by atoms with Crippen LogP contribution in [0.3, 0.4) is 0 Å². The zero-order chi connectivity index (χ0) is 10.8. The van der Waals surface area contributed by atoms with Crippen LogP contribution >= 0.6 is 0 Å². The molecule has 1 fully saturated rings. The van der Waals surface area contributed by atoms with Gasteiger partial charge in [0.05, 0.1) is 0 Å². The van der Waals surface area contributed by atoms with Crippen LogP contribution in [0.1, 0.15) is 30.5 Å². The summed E-state index contributed by atoms with van der Waals surface area (Å²) in [5.41, 5.74) is 2.50. The highest BCUT2D eigenvalue weighted by Crippen LogP contribution is 2.29. The minimum atomic E-state index is 0.593. The van der Waals surface area contributed by atoms with Crippen molar-refractivity contribution in [3.05, 3.63) is 29.6 Å². The van der Waals surface area contributed by atoms with Crippen molar-refractivity contribution in [2.75, 3.05) is 20.1 Å². The molecule has 2 atom stereocenters. The maximum Gasteiger partial charge on any atom is 0.0435 e. The normalized spacial score (nSPS) is 24.3. The third kappa shape index (κ3) is 2.37. The van der Waals surface area contributed by atoms with E-state index in [2.05, 4.69) is 42.9 Å². The monoisotopic (exact) mass is 204 g/mol. The number of aryl methyl sites for hydroxylation is 1. The summed E-state index contributed by atoms with van der Waals surface area (Å²) in [6.45, 7) is 6.85. The smallest absolute Gasteiger partial charge is 0.0435 e. The van der Waals surface area contributed by atoms with Crippen LogP contribution in [0.2, 0.25) is 0 Å². The quantitative estimate of drug-likeness (QED) is 0.735. The van der Waals surface area contributed by atoms with Gasteiger partial charge < -0.3 is 4.90 Å². The fourth-order valence-electron chi connectivity index (χ4n) is 2.37. The lowest BCUT2D eigenvalue weighted by Crippen LogP contribution is -2.17. The van der Waals surface area contributed by atoms with Crippen LogP contribution in [-0.2, 0) is 0 Å². The number of nitrogens with zero attached hydrogens (tertiary/aromatic N) is 2. The first-order chi connectivity index (χ1) is 7.16. The maximum absolute atomic E-state index is 4.53. The van der Waals surface area contributed by atoms with Crippen LogP contribution < -0.4 is 0 Å². The van der Waals surface area contributed by atoms with E-state index in [0.717, 1.165) is 5.92 Å². The number of rotatable bonds is 2. The van der Waals surface area contributed by atoms with Gasteiger partial charge in [0, 0.05) is 24.4 Å². The van der Waals surface area contributed by atoms with E-state index >= 15 is 0 Å². The summed E-state index contributed by atoms with van der Waals surface area (Å²) in [6, 6.07) is 4.34. The van der Waals surface area contributed by atoms with E-state index in [1.54, 1.807) is 0 Å². The highest BCUT2D eigenvalue weighted by molar-refractivity contribution is 5.16. The molecule has 2 heterocycles. The molecule has 1 aromatic rings. The number of aromatic nitrogens is 1. The zero-order valence-electron chi connectivity index (χ0n) is 9.90. The average Bonchev–Trinajstić information content (AvgIpc) is 2.65. The van der Waals surface area contributed by atoms with Crippen LogP contribution in [0.25, 0.3) is 0 Å². The molecule has 0 saturated carbocycles. The van der Waals surface area contributed by atoms with Gasteiger partial charge in [0.15, 0.2) is 0 Å². The van der Waals surface area contributed by atoms with Crippen molar-refractivity contribution < 1.29 is 0 Å². The molecule has 0 radical (unpaired) electrons. The maximum atomic E-state index is 4.53. The fraction of sp³-hybridized carbons (Fsp3) is 0.615. The molecule has 2 rings (SSSR count). The Morgan fingerprint density at radius 3 is 2.80 bits per heavy atom. The van der Waals surface area contributed by atoms with E-state index in [1.165, 1.54) is 30.8 Å². The Labute approximate surface area is 92.3 Å². The Balaban J connectivity index is 2.07. The van der Waals surface area contributed by atoms with Crippen molar-refractivity contribution in [2.24, 2.45) is 5.92 Å². The van der Waals surface area contributed by atoms with Gasteiger partial charge in [0.25, 0.3) is 0 Å². The summed E-state index contributed by atoms with van der Waals surface area (Å²) >= 11 is 0. The summed E-state index contributed by atoms with van der Waals surface area (Å²) in [4.78, 5) is 6.94. The van der Waals surface area contributed by atoms with E-state index in [4.69, 9.17) is 0 Å². The summed E-state index contributed by atoms with van der Waals surface area (Å²) in [7, 11) is 2.20. The van der Waals surface area contributed by atoms with Crippen LogP contribution in [-0.4, -0.2) is 30.0 Å². The van der Waals surface area contributed by atoms with Crippen molar-refractivity contribution in [1.29, 1.82) is 0 Å².